The Hall–Kier alpha value is -0.960. The van der Waals surface area contributed by atoms with Crippen LogP contribution in [-0.2, 0) is 11.3 Å². The van der Waals surface area contributed by atoms with E-state index in [0.717, 1.165) is 5.69 Å². The lowest BCUT2D eigenvalue weighted by Crippen LogP contribution is -2.31. The van der Waals surface area contributed by atoms with Gasteiger partial charge in [-0.2, -0.15) is 0 Å². The summed E-state index contributed by atoms with van der Waals surface area (Å²) < 4.78 is 0. The number of H-pyrrole nitrogens is 1. The molecular formula is C9H13ClN2O. The van der Waals surface area contributed by atoms with Gasteiger partial charge in [0, 0.05) is 18.9 Å². The average molecular weight is 201 g/mol. The molecule has 0 saturated carbocycles. The summed E-state index contributed by atoms with van der Waals surface area (Å²) in [7, 11) is 1.74. The average Bonchev–Trinajstić information content (AvgIpc) is 2.55. The molecule has 0 aromatic carbocycles. The molecule has 0 aliphatic heterocycles. The molecule has 1 amide bonds. The highest BCUT2D eigenvalue weighted by atomic mass is 35.5. The van der Waals surface area contributed by atoms with Gasteiger partial charge in [0.05, 0.1) is 6.54 Å². The minimum absolute atomic E-state index is 0.0590. The van der Waals surface area contributed by atoms with Crippen molar-refractivity contribution in [1.29, 1.82) is 0 Å². The monoisotopic (exact) mass is 200 g/mol. The van der Waals surface area contributed by atoms with Crippen molar-refractivity contribution in [2.75, 3.05) is 7.05 Å². The van der Waals surface area contributed by atoms with Gasteiger partial charge in [-0.25, -0.2) is 0 Å². The molecule has 3 nitrogen and oxygen atoms in total. The van der Waals surface area contributed by atoms with Crippen LogP contribution in [0.5, 0.6) is 0 Å². The summed E-state index contributed by atoms with van der Waals surface area (Å²) in [6, 6.07) is 3.83. The van der Waals surface area contributed by atoms with Gasteiger partial charge in [0.1, 0.15) is 5.38 Å². The summed E-state index contributed by atoms with van der Waals surface area (Å²) in [4.78, 5) is 16.0. The zero-order valence-corrected chi connectivity index (χ0v) is 8.51. The number of alkyl halides is 1. The van der Waals surface area contributed by atoms with Crippen LogP contribution >= 0.6 is 11.6 Å². The van der Waals surface area contributed by atoms with E-state index in [1.165, 1.54) is 0 Å². The molecular weight excluding hydrogens is 188 g/mol. The Morgan fingerprint density at radius 2 is 2.46 bits per heavy atom. The van der Waals surface area contributed by atoms with Crippen molar-refractivity contribution in [3.05, 3.63) is 24.0 Å². The van der Waals surface area contributed by atoms with Crippen LogP contribution in [0.2, 0.25) is 0 Å². The van der Waals surface area contributed by atoms with Crippen molar-refractivity contribution in [3.63, 3.8) is 0 Å². The van der Waals surface area contributed by atoms with Crippen molar-refractivity contribution in [3.8, 4) is 0 Å². The Balaban J connectivity index is 2.51. The Kier molecular flexibility index (Phi) is 3.37. The molecule has 0 spiro atoms. The number of nitrogens with zero attached hydrogens (tertiary/aromatic N) is 1. The number of aromatic nitrogens is 1. The van der Waals surface area contributed by atoms with Gasteiger partial charge in [-0.05, 0) is 19.1 Å². The fraction of sp³-hybridized carbons (Fsp3) is 0.444. The molecule has 0 aliphatic rings. The molecule has 0 saturated heterocycles. The van der Waals surface area contributed by atoms with Crippen molar-refractivity contribution in [2.24, 2.45) is 0 Å². The van der Waals surface area contributed by atoms with Crippen molar-refractivity contribution >= 4 is 17.5 Å². The molecule has 1 atom stereocenters. The molecule has 1 aromatic rings. The number of carbonyl (C=O) groups excluding carboxylic acids is 1. The van der Waals surface area contributed by atoms with E-state index in [4.69, 9.17) is 11.6 Å². The highest BCUT2D eigenvalue weighted by Gasteiger charge is 2.14. The van der Waals surface area contributed by atoms with Gasteiger partial charge in [-0.3, -0.25) is 4.79 Å². The molecule has 4 heteroatoms. The first-order valence-corrected chi connectivity index (χ1v) is 4.56. The third-order valence-electron chi connectivity index (χ3n) is 1.79. The maximum Gasteiger partial charge on any atom is 0.240 e. The summed E-state index contributed by atoms with van der Waals surface area (Å²) in [5.41, 5.74) is 1.01. The molecule has 0 aliphatic carbocycles. The molecule has 1 N–H and O–H groups in total. The van der Waals surface area contributed by atoms with E-state index in [1.54, 1.807) is 18.9 Å². The molecule has 1 heterocycles. The number of carbonyl (C=O) groups is 1. The first kappa shape index (κ1) is 10.1. The smallest absolute Gasteiger partial charge is 0.240 e. The summed E-state index contributed by atoms with van der Waals surface area (Å²) in [6.07, 6.45) is 1.83. The summed E-state index contributed by atoms with van der Waals surface area (Å²) in [6.45, 7) is 2.25. The summed E-state index contributed by atoms with van der Waals surface area (Å²) in [5, 5.41) is -0.458. The highest BCUT2D eigenvalue weighted by molar-refractivity contribution is 6.30. The summed E-state index contributed by atoms with van der Waals surface area (Å²) >= 11 is 5.66. The number of amides is 1. The van der Waals surface area contributed by atoms with Crippen LogP contribution < -0.4 is 0 Å². The molecule has 72 valence electrons. The van der Waals surface area contributed by atoms with Crippen molar-refractivity contribution in [1.82, 2.24) is 9.88 Å². The molecule has 1 unspecified atom stereocenters. The SMILES string of the molecule is CC(Cl)C(=O)N(C)Cc1ccc[nH]1. The molecule has 1 rings (SSSR count). The Morgan fingerprint density at radius 1 is 1.77 bits per heavy atom. The van der Waals surface area contributed by atoms with Gasteiger partial charge in [-0.15, -0.1) is 11.6 Å². The van der Waals surface area contributed by atoms with Gasteiger partial charge >= 0.3 is 0 Å². The van der Waals surface area contributed by atoms with Crippen LogP contribution in [0, 0.1) is 0 Å². The Bertz CT molecular complexity index is 269. The van der Waals surface area contributed by atoms with Crippen LogP contribution in [0.15, 0.2) is 18.3 Å². The molecule has 1 aromatic heterocycles. The van der Waals surface area contributed by atoms with Gasteiger partial charge < -0.3 is 9.88 Å². The Morgan fingerprint density at radius 3 is 2.92 bits per heavy atom. The van der Waals surface area contributed by atoms with Crippen LogP contribution in [0.4, 0.5) is 0 Å². The zero-order chi connectivity index (χ0) is 9.84. The van der Waals surface area contributed by atoms with E-state index in [1.807, 2.05) is 18.3 Å². The van der Waals surface area contributed by atoms with Crippen LogP contribution in [0.25, 0.3) is 0 Å². The Labute approximate surface area is 82.7 Å². The number of aromatic amines is 1. The van der Waals surface area contributed by atoms with Crippen LogP contribution in [0.3, 0.4) is 0 Å². The number of rotatable bonds is 3. The lowest BCUT2D eigenvalue weighted by molar-refractivity contribution is -0.129. The number of hydrogen-bond acceptors (Lipinski definition) is 1. The molecule has 0 fully saturated rings. The zero-order valence-electron chi connectivity index (χ0n) is 7.75. The topological polar surface area (TPSA) is 36.1 Å². The number of hydrogen-bond donors (Lipinski definition) is 1. The van der Waals surface area contributed by atoms with Gasteiger partial charge in [0.2, 0.25) is 5.91 Å². The van der Waals surface area contributed by atoms with E-state index in [2.05, 4.69) is 4.98 Å². The molecule has 13 heavy (non-hydrogen) atoms. The minimum atomic E-state index is -0.458. The van der Waals surface area contributed by atoms with Gasteiger partial charge in [0.25, 0.3) is 0 Å². The van der Waals surface area contributed by atoms with E-state index >= 15 is 0 Å². The first-order valence-electron chi connectivity index (χ1n) is 4.12. The maximum absolute atomic E-state index is 11.3. The van der Waals surface area contributed by atoms with E-state index in [9.17, 15) is 4.79 Å². The highest BCUT2D eigenvalue weighted by Crippen LogP contribution is 2.04. The van der Waals surface area contributed by atoms with Crippen LogP contribution in [0.1, 0.15) is 12.6 Å². The lowest BCUT2D eigenvalue weighted by Gasteiger charge is -2.17. The first-order chi connectivity index (χ1) is 6.11. The van der Waals surface area contributed by atoms with E-state index < -0.39 is 5.38 Å². The number of halogens is 1. The second kappa shape index (κ2) is 4.33. The molecule has 0 bridgehead atoms. The second-order valence-electron chi connectivity index (χ2n) is 3.01. The fourth-order valence-electron chi connectivity index (χ4n) is 1.10. The molecule has 0 radical (unpaired) electrons. The second-order valence-corrected chi connectivity index (χ2v) is 3.66. The van der Waals surface area contributed by atoms with Gasteiger partial charge in [0.15, 0.2) is 0 Å². The summed E-state index contributed by atoms with van der Waals surface area (Å²) in [5.74, 6) is -0.0590. The standard InChI is InChI=1S/C9H13ClN2O/c1-7(10)9(13)12(2)6-8-4-3-5-11-8/h3-5,7,11H,6H2,1-2H3. The predicted octanol–water partition coefficient (Wildman–Crippen LogP) is 1.60. The third-order valence-corrected chi connectivity index (χ3v) is 1.97. The van der Waals surface area contributed by atoms with Gasteiger partial charge in [-0.1, -0.05) is 0 Å². The third kappa shape index (κ3) is 2.77. The van der Waals surface area contributed by atoms with Crippen LogP contribution in [-0.4, -0.2) is 28.2 Å². The van der Waals surface area contributed by atoms with Crippen molar-refractivity contribution < 1.29 is 4.79 Å². The largest absolute Gasteiger partial charge is 0.364 e. The van der Waals surface area contributed by atoms with E-state index in [0.29, 0.717) is 6.54 Å². The normalized spacial score (nSPS) is 12.5. The number of nitrogens with one attached hydrogen (secondary N) is 1. The quantitative estimate of drug-likeness (QED) is 0.740. The maximum atomic E-state index is 11.3. The van der Waals surface area contributed by atoms with E-state index in [-0.39, 0.29) is 5.91 Å². The predicted molar refractivity (Wildman–Crippen MR) is 52.6 cm³/mol. The van der Waals surface area contributed by atoms with Crippen molar-refractivity contribution in [2.45, 2.75) is 18.8 Å². The minimum Gasteiger partial charge on any atom is -0.364 e. The fourth-order valence-corrected chi connectivity index (χ4v) is 1.27. The lowest BCUT2D eigenvalue weighted by atomic mass is 10.3.